The van der Waals surface area contributed by atoms with Crippen LogP contribution >= 0.6 is 11.3 Å². The number of piperidine rings is 1. The number of hydrogen-bond acceptors (Lipinski definition) is 6. The van der Waals surface area contributed by atoms with Crippen molar-refractivity contribution in [2.75, 3.05) is 18.4 Å². The minimum Gasteiger partial charge on any atom is -0.337 e. The average Bonchev–Trinajstić information content (AvgIpc) is 3.15. The highest BCUT2D eigenvalue weighted by atomic mass is 32.1. The SMILES string of the molecule is CC(=O)Nc1nc(C(=O)N2CCC[C@@H](c3nncn3C)C2)cs1. The van der Waals surface area contributed by atoms with Gasteiger partial charge in [-0.3, -0.25) is 9.59 Å². The van der Waals surface area contributed by atoms with E-state index in [1.807, 2.05) is 11.6 Å². The van der Waals surface area contributed by atoms with Gasteiger partial charge in [-0.15, -0.1) is 21.5 Å². The summed E-state index contributed by atoms with van der Waals surface area (Å²) in [5.41, 5.74) is 0.373. The molecule has 2 aromatic heterocycles. The van der Waals surface area contributed by atoms with Gasteiger partial charge in [0.25, 0.3) is 5.91 Å². The summed E-state index contributed by atoms with van der Waals surface area (Å²) in [5, 5.41) is 12.8. The van der Waals surface area contributed by atoms with Crippen molar-refractivity contribution in [3.63, 3.8) is 0 Å². The first-order valence-corrected chi connectivity index (χ1v) is 8.29. The van der Waals surface area contributed by atoms with Gasteiger partial charge in [0.2, 0.25) is 5.91 Å². The van der Waals surface area contributed by atoms with Crippen molar-refractivity contribution < 1.29 is 9.59 Å². The Hall–Kier alpha value is -2.29. The fourth-order valence-corrected chi connectivity index (χ4v) is 3.51. The Morgan fingerprint density at radius 1 is 1.43 bits per heavy atom. The molecule has 0 saturated carbocycles. The molecule has 1 aliphatic heterocycles. The third-order valence-electron chi connectivity index (χ3n) is 3.83. The standard InChI is InChI=1S/C14H18N6O2S/c1-9(21)16-14-17-11(7-23-14)13(22)20-5-3-4-10(6-20)12-18-15-8-19(12)2/h7-8,10H,3-6H2,1-2H3,(H,16,17,21)/t10-/m1/s1. The number of nitrogens with zero attached hydrogens (tertiary/aromatic N) is 5. The summed E-state index contributed by atoms with van der Waals surface area (Å²) in [6.07, 6.45) is 3.59. The Labute approximate surface area is 137 Å². The van der Waals surface area contributed by atoms with Crippen molar-refractivity contribution in [1.29, 1.82) is 0 Å². The molecule has 1 atom stereocenters. The largest absolute Gasteiger partial charge is 0.337 e. The fourth-order valence-electron chi connectivity index (χ4n) is 2.78. The lowest BCUT2D eigenvalue weighted by Crippen LogP contribution is -2.39. The van der Waals surface area contributed by atoms with Crippen LogP contribution in [0.15, 0.2) is 11.7 Å². The third-order valence-corrected chi connectivity index (χ3v) is 4.58. The molecule has 122 valence electrons. The van der Waals surface area contributed by atoms with E-state index in [4.69, 9.17) is 0 Å². The third kappa shape index (κ3) is 3.39. The Balaban J connectivity index is 1.71. The van der Waals surface area contributed by atoms with Gasteiger partial charge in [-0.2, -0.15) is 0 Å². The van der Waals surface area contributed by atoms with Crippen LogP contribution in [-0.2, 0) is 11.8 Å². The number of carbonyl (C=O) groups excluding carboxylic acids is 2. The molecule has 2 aromatic rings. The van der Waals surface area contributed by atoms with Crippen molar-refractivity contribution in [2.24, 2.45) is 7.05 Å². The molecule has 0 aliphatic carbocycles. The number of thiazole rings is 1. The number of nitrogens with one attached hydrogen (secondary N) is 1. The summed E-state index contributed by atoms with van der Waals surface area (Å²) in [5.74, 6) is 0.789. The van der Waals surface area contributed by atoms with Gasteiger partial charge in [-0.05, 0) is 12.8 Å². The van der Waals surface area contributed by atoms with E-state index in [9.17, 15) is 9.59 Å². The first kappa shape index (κ1) is 15.6. The summed E-state index contributed by atoms with van der Waals surface area (Å²) in [6, 6.07) is 0. The molecule has 0 unspecified atom stereocenters. The van der Waals surface area contributed by atoms with Gasteiger partial charge >= 0.3 is 0 Å². The second-order valence-corrected chi connectivity index (χ2v) is 6.47. The molecular weight excluding hydrogens is 316 g/mol. The van der Waals surface area contributed by atoms with Crippen LogP contribution < -0.4 is 5.32 Å². The van der Waals surface area contributed by atoms with Crippen LogP contribution in [0.2, 0.25) is 0 Å². The lowest BCUT2D eigenvalue weighted by Gasteiger charge is -2.31. The highest BCUT2D eigenvalue weighted by Gasteiger charge is 2.29. The van der Waals surface area contributed by atoms with Crippen LogP contribution in [0.4, 0.5) is 5.13 Å². The van der Waals surface area contributed by atoms with Gasteiger partial charge in [-0.25, -0.2) is 4.98 Å². The van der Waals surface area contributed by atoms with Crippen LogP contribution in [0.5, 0.6) is 0 Å². The van der Waals surface area contributed by atoms with Crippen molar-refractivity contribution in [3.8, 4) is 0 Å². The predicted molar refractivity (Wildman–Crippen MR) is 85.3 cm³/mol. The molecule has 0 radical (unpaired) electrons. The molecule has 23 heavy (non-hydrogen) atoms. The molecule has 1 fully saturated rings. The first-order valence-electron chi connectivity index (χ1n) is 7.41. The number of anilines is 1. The van der Waals surface area contributed by atoms with Gasteiger partial charge in [0.15, 0.2) is 5.13 Å². The van der Waals surface area contributed by atoms with E-state index >= 15 is 0 Å². The minimum atomic E-state index is -0.196. The quantitative estimate of drug-likeness (QED) is 0.912. The molecule has 8 nitrogen and oxygen atoms in total. The van der Waals surface area contributed by atoms with Crippen molar-refractivity contribution in [1.82, 2.24) is 24.6 Å². The smallest absolute Gasteiger partial charge is 0.273 e. The monoisotopic (exact) mass is 334 g/mol. The molecule has 3 rings (SSSR count). The van der Waals surface area contributed by atoms with Crippen molar-refractivity contribution in [3.05, 3.63) is 23.2 Å². The number of rotatable bonds is 3. The summed E-state index contributed by atoms with van der Waals surface area (Å²) >= 11 is 1.25. The molecule has 1 saturated heterocycles. The highest BCUT2D eigenvalue weighted by molar-refractivity contribution is 7.14. The number of aryl methyl sites for hydroxylation is 1. The zero-order chi connectivity index (χ0) is 16.4. The first-order chi connectivity index (χ1) is 11.0. The fraction of sp³-hybridized carbons (Fsp3) is 0.500. The second-order valence-electron chi connectivity index (χ2n) is 5.61. The molecule has 0 aromatic carbocycles. The van der Waals surface area contributed by atoms with Crippen LogP contribution in [-0.4, -0.2) is 49.6 Å². The lowest BCUT2D eigenvalue weighted by molar-refractivity contribution is -0.114. The Morgan fingerprint density at radius 3 is 2.96 bits per heavy atom. The van der Waals surface area contributed by atoms with Crippen molar-refractivity contribution in [2.45, 2.75) is 25.7 Å². The van der Waals surface area contributed by atoms with Crippen LogP contribution in [0.3, 0.4) is 0 Å². The van der Waals surface area contributed by atoms with Gasteiger partial charge < -0.3 is 14.8 Å². The Morgan fingerprint density at radius 2 is 2.26 bits per heavy atom. The topological polar surface area (TPSA) is 93.0 Å². The molecule has 1 aliphatic rings. The molecule has 3 heterocycles. The Kier molecular flexibility index (Phi) is 4.37. The molecule has 0 spiro atoms. The summed E-state index contributed by atoms with van der Waals surface area (Å²) in [4.78, 5) is 29.7. The van der Waals surface area contributed by atoms with E-state index in [1.54, 1.807) is 16.6 Å². The van der Waals surface area contributed by atoms with E-state index in [-0.39, 0.29) is 17.7 Å². The number of amides is 2. The summed E-state index contributed by atoms with van der Waals surface area (Å²) in [6.45, 7) is 2.73. The maximum absolute atomic E-state index is 12.6. The van der Waals surface area contributed by atoms with Crippen LogP contribution in [0.1, 0.15) is 42.0 Å². The van der Waals surface area contributed by atoms with Gasteiger partial charge in [0.05, 0.1) is 0 Å². The molecule has 9 heteroatoms. The zero-order valence-electron chi connectivity index (χ0n) is 13.0. The number of hydrogen-bond donors (Lipinski definition) is 1. The van der Waals surface area contributed by atoms with E-state index in [2.05, 4.69) is 20.5 Å². The highest BCUT2D eigenvalue weighted by Crippen LogP contribution is 2.26. The van der Waals surface area contributed by atoms with E-state index < -0.39 is 0 Å². The van der Waals surface area contributed by atoms with Crippen LogP contribution in [0, 0.1) is 0 Å². The van der Waals surface area contributed by atoms with Crippen molar-refractivity contribution >= 4 is 28.3 Å². The van der Waals surface area contributed by atoms with Gasteiger partial charge in [0.1, 0.15) is 17.8 Å². The maximum Gasteiger partial charge on any atom is 0.273 e. The number of aromatic nitrogens is 4. The second kappa shape index (κ2) is 6.45. The van der Waals surface area contributed by atoms with E-state index in [0.29, 0.717) is 23.9 Å². The molecular formula is C14H18N6O2S. The molecule has 1 N–H and O–H groups in total. The number of carbonyl (C=O) groups is 2. The predicted octanol–water partition coefficient (Wildman–Crippen LogP) is 1.25. The van der Waals surface area contributed by atoms with E-state index in [0.717, 1.165) is 18.7 Å². The van der Waals surface area contributed by atoms with Crippen LogP contribution in [0.25, 0.3) is 0 Å². The van der Waals surface area contributed by atoms with E-state index in [1.165, 1.54) is 18.3 Å². The summed E-state index contributed by atoms with van der Waals surface area (Å²) < 4.78 is 1.90. The maximum atomic E-state index is 12.6. The zero-order valence-corrected chi connectivity index (χ0v) is 13.8. The summed E-state index contributed by atoms with van der Waals surface area (Å²) in [7, 11) is 1.91. The Bertz CT molecular complexity index is 724. The van der Waals surface area contributed by atoms with Gasteiger partial charge in [0, 0.05) is 38.4 Å². The van der Waals surface area contributed by atoms with Gasteiger partial charge in [-0.1, -0.05) is 0 Å². The molecule has 2 amide bonds. The number of likely N-dealkylation sites (tertiary alicyclic amines) is 1. The normalized spacial score (nSPS) is 18.0. The average molecular weight is 334 g/mol. The lowest BCUT2D eigenvalue weighted by atomic mass is 9.97. The molecule has 0 bridgehead atoms. The minimum absolute atomic E-state index is 0.107.